The lowest BCUT2D eigenvalue weighted by Crippen LogP contribution is -2.58. The zero-order chi connectivity index (χ0) is 14.3. The molecule has 0 spiro atoms. The zero-order valence-corrected chi connectivity index (χ0v) is 14.1. The van der Waals surface area contributed by atoms with Crippen molar-refractivity contribution in [1.82, 2.24) is 14.7 Å². The third-order valence-electron chi connectivity index (χ3n) is 3.16. The Labute approximate surface area is 129 Å². The van der Waals surface area contributed by atoms with Crippen LogP contribution >= 0.6 is 22.6 Å². The molecule has 1 aliphatic heterocycles. The van der Waals surface area contributed by atoms with Crippen molar-refractivity contribution in [2.45, 2.75) is 39.5 Å². The maximum absolute atomic E-state index is 12.0. The van der Waals surface area contributed by atoms with Gasteiger partial charge in [0.2, 0.25) is 11.8 Å². The molecule has 0 aromatic heterocycles. The predicted octanol–water partition coefficient (Wildman–Crippen LogP) is 1.87. The molecule has 0 bridgehead atoms. The number of alkyl halides is 1. The minimum Gasteiger partial charge on any atom is -0.312 e. The van der Waals surface area contributed by atoms with E-state index in [1.807, 2.05) is 13.8 Å². The van der Waals surface area contributed by atoms with Crippen molar-refractivity contribution >= 4 is 34.4 Å². The van der Waals surface area contributed by atoms with E-state index >= 15 is 0 Å². The second-order valence-corrected chi connectivity index (χ2v) is 5.91. The first-order valence-corrected chi connectivity index (χ1v) is 8.48. The topological polar surface area (TPSA) is 43.9 Å². The van der Waals surface area contributed by atoms with Crippen molar-refractivity contribution in [3.63, 3.8) is 0 Å². The summed E-state index contributed by atoms with van der Waals surface area (Å²) < 4.78 is 1.10. The van der Waals surface area contributed by atoms with Crippen LogP contribution in [0.3, 0.4) is 0 Å². The lowest BCUT2D eigenvalue weighted by atomic mass is 10.3. The minimum atomic E-state index is 0.119. The third kappa shape index (κ3) is 5.25. The lowest BCUT2D eigenvalue weighted by molar-refractivity contribution is -0.151. The Morgan fingerprint density at radius 2 is 1.68 bits per heavy atom. The molecule has 0 aromatic carbocycles. The fraction of sp³-hybridized carbons (Fsp3) is 0.846. The van der Waals surface area contributed by atoms with Gasteiger partial charge in [0.15, 0.2) is 0 Å². The van der Waals surface area contributed by atoms with E-state index < -0.39 is 0 Å². The average molecular weight is 381 g/mol. The molecule has 19 heavy (non-hydrogen) atoms. The SMILES string of the molecule is CCCC(=O)N1CN(CCCI)CN(C(=O)CC)C1. The molecule has 1 heterocycles. The second-order valence-electron chi connectivity index (χ2n) is 4.83. The quantitative estimate of drug-likeness (QED) is 0.521. The number of carbonyl (C=O) groups excluding carboxylic acids is 2. The molecule has 0 aliphatic carbocycles. The van der Waals surface area contributed by atoms with Crippen LogP contribution in [0.2, 0.25) is 0 Å². The van der Waals surface area contributed by atoms with Gasteiger partial charge in [0.05, 0.1) is 20.0 Å². The maximum atomic E-state index is 12.0. The third-order valence-corrected chi connectivity index (χ3v) is 3.93. The normalized spacial score (nSPS) is 16.8. The van der Waals surface area contributed by atoms with Crippen LogP contribution in [0, 0.1) is 0 Å². The molecule has 0 saturated carbocycles. The minimum absolute atomic E-state index is 0.119. The van der Waals surface area contributed by atoms with Crippen molar-refractivity contribution < 1.29 is 9.59 Å². The van der Waals surface area contributed by atoms with Crippen LogP contribution in [-0.4, -0.2) is 57.5 Å². The van der Waals surface area contributed by atoms with E-state index in [9.17, 15) is 9.59 Å². The van der Waals surface area contributed by atoms with Gasteiger partial charge in [-0.1, -0.05) is 36.4 Å². The van der Waals surface area contributed by atoms with Crippen LogP contribution in [0.4, 0.5) is 0 Å². The average Bonchev–Trinajstić information content (AvgIpc) is 2.44. The van der Waals surface area contributed by atoms with E-state index in [1.54, 1.807) is 9.80 Å². The Morgan fingerprint density at radius 1 is 1.05 bits per heavy atom. The molecule has 1 aliphatic rings. The standard InChI is InChI=1S/C13H24IN3O2/c1-3-6-13(19)17-10-15(8-5-7-14)9-16(11-17)12(18)4-2/h3-11H2,1-2H3. The van der Waals surface area contributed by atoms with Crippen molar-refractivity contribution in [1.29, 1.82) is 0 Å². The van der Waals surface area contributed by atoms with E-state index in [4.69, 9.17) is 0 Å². The number of hydrogen-bond acceptors (Lipinski definition) is 3. The largest absolute Gasteiger partial charge is 0.312 e. The molecular weight excluding hydrogens is 357 g/mol. The van der Waals surface area contributed by atoms with Gasteiger partial charge < -0.3 is 9.80 Å². The summed E-state index contributed by atoms with van der Waals surface area (Å²) in [6, 6.07) is 0. The Balaban J connectivity index is 2.65. The number of rotatable bonds is 6. The fourth-order valence-electron chi connectivity index (χ4n) is 2.16. The van der Waals surface area contributed by atoms with Gasteiger partial charge >= 0.3 is 0 Å². The van der Waals surface area contributed by atoms with Crippen molar-refractivity contribution in [2.24, 2.45) is 0 Å². The van der Waals surface area contributed by atoms with E-state index in [-0.39, 0.29) is 11.8 Å². The maximum Gasteiger partial charge on any atom is 0.225 e. The molecule has 0 aromatic rings. The van der Waals surface area contributed by atoms with Gasteiger partial charge in [-0.25, -0.2) is 0 Å². The smallest absolute Gasteiger partial charge is 0.225 e. The summed E-state index contributed by atoms with van der Waals surface area (Å²) >= 11 is 2.35. The van der Waals surface area contributed by atoms with Crippen molar-refractivity contribution in [3.8, 4) is 0 Å². The molecule has 6 heteroatoms. The molecule has 1 fully saturated rings. The van der Waals surface area contributed by atoms with E-state index in [0.717, 1.165) is 23.8 Å². The molecular formula is C13H24IN3O2. The van der Waals surface area contributed by atoms with Crippen LogP contribution in [0.5, 0.6) is 0 Å². The summed E-state index contributed by atoms with van der Waals surface area (Å²) in [6.07, 6.45) is 3.00. The molecule has 110 valence electrons. The Morgan fingerprint density at radius 3 is 2.21 bits per heavy atom. The van der Waals surface area contributed by atoms with Crippen LogP contribution in [-0.2, 0) is 9.59 Å². The van der Waals surface area contributed by atoms with Crippen molar-refractivity contribution in [3.05, 3.63) is 0 Å². The molecule has 2 amide bonds. The molecule has 0 N–H and O–H groups in total. The lowest BCUT2D eigenvalue weighted by Gasteiger charge is -2.42. The Bertz CT molecular complexity index is 312. The van der Waals surface area contributed by atoms with Gasteiger partial charge in [-0.05, 0) is 12.8 Å². The summed E-state index contributed by atoms with van der Waals surface area (Å²) in [6.45, 7) is 6.57. The summed E-state index contributed by atoms with van der Waals surface area (Å²) in [4.78, 5) is 29.7. The van der Waals surface area contributed by atoms with Gasteiger partial charge in [0.25, 0.3) is 0 Å². The summed E-state index contributed by atoms with van der Waals surface area (Å²) in [7, 11) is 0. The first-order chi connectivity index (χ1) is 9.12. The first-order valence-electron chi connectivity index (χ1n) is 6.96. The molecule has 0 unspecified atom stereocenters. The van der Waals surface area contributed by atoms with Gasteiger partial charge in [0, 0.05) is 23.8 Å². The van der Waals surface area contributed by atoms with Gasteiger partial charge in [-0.3, -0.25) is 14.5 Å². The molecule has 0 atom stereocenters. The fourth-order valence-corrected chi connectivity index (χ4v) is 2.50. The van der Waals surface area contributed by atoms with Crippen LogP contribution < -0.4 is 0 Å². The van der Waals surface area contributed by atoms with Crippen LogP contribution in [0.1, 0.15) is 39.5 Å². The summed E-state index contributed by atoms with van der Waals surface area (Å²) in [5.74, 6) is 0.268. The second kappa shape index (κ2) is 8.73. The Kier molecular flexibility index (Phi) is 7.67. The number of amides is 2. The molecule has 1 saturated heterocycles. The number of carbonyl (C=O) groups is 2. The van der Waals surface area contributed by atoms with E-state index in [1.165, 1.54) is 0 Å². The van der Waals surface area contributed by atoms with Gasteiger partial charge in [-0.2, -0.15) is 0 Å². The first kappa shape index (κ1) is 16.7. The zero-order valence-electron chi connectivity index (χ0n) is 11.9. The van der Waals surface area contributed by atoms with Crippen LogP contribution in [0.25, 0.3) is 0 Å². The number of nitrogens with zero attached hydrogens (tertiary/aromatic N) is 3. The van der Waals surface area contributed by atoms with Gasteiger partial charge in [-0.15, -0.1) is 0 Å². The number of hydrogen-bond donors (Lipinski definition) is 0. The van der Waals surface area contributed by atoms with E-state index in [0.29, 0.717) is 32.8 Å². The van der Waals surface area contributed by atoms with E-state index in [2.05, 4.69) is 27.5 Å². The summed E-state index contributed by atoms with van der Waals surface area (Å²) in [5, 5.41) is 0. The van der Waals surface area contributed by atoms with Crippen molar-refractivity contribution in [2.75, 3.05) is 31.0 Å². The number of halogens is 1. The van der Waals surface area contributed by atoms with Gasteiger partial charge in [0.1, 0.15) is 0 Å². The Hall–Kier alpha value is -0.370. The highest BCUT2D eigenvalue weighted by Crippen LogP contribution is 2.12. The molecule has 1 rings (SSSR count). The highest BCUT2D eigenvalue weighted by Gasteiger charge is 2.27. The summed E-state index contributed by atoms with van der Waals surface area (Å²) in [5.41, 5.74) is 0. The highest BCUT2D eigenvalue weighted by atomic mass is 127. The molecule has 5 nitrogen and oxygen atoms in total. The van der Waals surface area contributed by atoms with Crippen LogP contribution in [0.15, 0.2) is 0 Å². The molecule has 0 radical (unpaired) electrons. The highest BCUT2D eigenvalue weighted by molar-refractivity contribution is 14.1. The monoisotopic (exact) mass is 381 g/mol. The predicted molar refractivity (Wildman–Crippen MR) is 83.7 cm³/mol.